The predicted molar refractivity (Wildman–Crippen MR) is 119 cm³/mol. The van der Waals surface area contributed by atoms with Gasteiger partial charge in [0, 0.05) is 64.5 Å². The van der Waals surface area contributed by atoms with Gasteiger partial charge in [0.25, 0.3) is 0 Å². The van der Waals surface area contributed by atoms with Crippen molar-refractivity contribution in [2.75, 3.05) is 60.9 Å². The van der Waals surface area contributed by atoms with Gasteiger partial charge in [-0.25, -0.2) is 15.0 Å². The molecule has 2 aliphatic heterocycles. The maximum Gasteiger partial charge on any atom is 0.224 e. The van der Waals surface area contributed by atoms with E-state index in [-0.39, 0.29) is 5.91 Å². The van der Waals surface area contributed by atoms with Crippen molar-refractivity contribution in [2.24, 2.45) is 5.92 Å². The molecule has 2 aromatic heterocycles. The number of carbonyl (C=O) groups excluding carboxylic acids is 1. The van der Waals surface area contributed by atoms with Crippen LogP contribution in [0.5, 0.6) is 0 Å². The zero-order valence-electron chi connectivity index (χ0n) is 17.7. The first kappa shape index (κ1) is 20.4. The molecule has 4 rings (SSSR count). The number of piperidine rings is 1. The third-order valence-corrected chi connectivity index (χ3v) is 5.88. The third-order valence-electron chi connectivity index (χ3n) is 5.88. The fourth-order valence-electron chi connectivity index (χ4n) is 4.20. The highest BCUT2D eigenvalue weighted by molar-refractivity contribution is 5.77. The number of nitrogens with zero attached hydrogens (tertiary/aromatic N) is 6. The van der Waals surface area contributed by atoms with Crippen molar-refractivity contribution >= 4 is 23.4 Å². The molecular weight excluding hydrogens is 378 g/mol. The molecule has 1 atom stereocenters. The lowest BCUT2D eigenvalue weighted by atomic mass is 10.0. The maximum absolute atomic E-state index is 12.6. The second kappa shape index (κ2) is 9.73. The quantitative estimate of drug-likeness (QED) is 0.784. The minimum absolute atomic E-state index is 0.183. The van der Waals surface area contributed by atoms with Gasteiger partial charge in [0.05, 0.1) is 0 Å². The fourth-order valence-corrected chi connectivity index (χ4v) is 4.20. The van der Waals surface area contributed by atoms with Gasteiger partial charge in [0.1, 0.15) is 23.8 Å². The number of nitrogens with one attached hydrogen (secondary N) is 1. The summed E-state index contributed by atoms with van der Waals surface area (Å²) >= 11 is 0. The van der Waals surface area contributed by atoms with E-state index in [1.165, 1.54) is 12.8 Å². The Kier molecular flexibility index (Phi) is 6.61. The zero-order valence-corrected chi connectivity index (χ0v) is 17.7. The highest BCUT2D eigenvalue weighted by Crippen LogP contribution is 2.22. The summed E-state index contributed by atoms with van der Waals surface area (Å²) in [7, 11) is 0. The summed E-state index contributed by atoms with van der Waals surface area (Å²) in [5.41, 5.74) is 0. The van der Waals surface area contributed by atoms with Gasteiger partial charge in [-0.1, -0.05) is 13.0 Å². The summed E-state index contributed by atoms with van der Waals surface area (Å²) < 4.78 is 0. The Balaban J connectivity index is 1.22. The van der Waals surface area contributed by atoms with Gasteiger partial charge in [-0.3, -0.25) is 4.79 Å². The number of pyridine rings is 1. The molecule has 0 bridgehead atoms. The van der Waals surface area contributed by atoms with Gasteiger partial charge in [-0.2, -0.15) is 0 Å². The third kappa shape index (κ3) is 5.17. The summed E-state index contributed by atoms with van der Waals surface area (Å²) in [6.07, 6.45) is 6.36. The Hall–Kier alpha value is -2.90. The number of rotatable bonds is 6. The van der Waals surface area contributed by atoms with E-state index in [9.17, 15) is 4.79 Å². The van der Waals surface area contributed by atoms with Crippen LogP contribution in [0.25, 0.3) is 0 Å². The van der Waals surface area contributed by atoms with Crippen molar-refractivity contribution in [3.05, 3.63) is 36.8 Å². The van der Waals surface area contributed by atoms with E-state index < -0.39 is 0 Å². The molecule has 2 fully saturated rings. The van der Waals surface area contributed by atoms with Gasteiger partial charge in [-0.05, 0) is 30.9 Å². The lowest BCUT2D eigenvalue weighted by molar-refractivity contribution is -0.131. The molecule has 0 spiro atoms. The van der Waals surface area contributed by atoms with Crippen LogP contribution in [0.1, 0.15) is 26.2 Å². The minimum Gasteiger partial charge on any atom is -0.369 e. The van der Waals surface area contributed by atoms with Crippen molar-refractivity contribution in [2.45, 2.75) is 26.2 Å². The summed E-state index contributed by atoms with van der Waals surface area (Å²) in [4.78, 5) is 32.2. The Morgan fingerprint density at radius 1 is 1.07 bits per heavy atom. The van der Waals surface area contributed by atoms with Crippen molar-refractivity contribution in [1.82, 2.24) is 19.9 Å². The molecule has 4 heterocycles. The summed E-state index contributed by atoms with van der Waals surface area (Å²) in [6.45, 7) is 8.06. The number of piperazine rings is 1. The standard InChI is InChI=1S/C22H31N7O/c1-18-5-4-10-29(16-18)21-15-19(25-17-26-21)23-9-7-22(30)28-13-11-27(12-14-28)20-6-2-3-8-24-20/h2-3,6,8,15,17-18H,4-5,7,9-14,16H2,1H3,(H,23,25,26). The Bertz CT molecular complexity index is 823. The van der Waals surface area contributed by atoms with Crippen LogP contribution in [0.2, 0.25) is 0 Å². The molecule has 0 saturated carbocycles. The number of carbonyl (C=O) groups is 1. The molecule has 1 unspecified atom stereocenters. The Morgan fingerprint density at radius 3 is 2.70 bits per heavy atom. The molecular formula is C22H31N7O. The monoisotopic (exact) mass is 409 g/mol. The topological polar surface area (TPSA) is 77.5 Å². The van der Waals surface area contributed by atoms with E-state index in [0.717, 1.165) is 56.7 Å². The Labute approximate surface area is 178 Å². The van der Waals surface area contributed by atoms with Gasteiger partial charge >= 0.3 is 0 Å². The van der Waals surface area contributed by atoms with Gasteiger partial charge in [0.2, 0.25) is 5.91 Å². The summed E-state index contributed by atoms with van der Waals surface area (Å²) in [5, 5.41) is 3.29. The molecule has 0 aromatic carbocycles. The van der Waals surface area contributed by atoms with Crippen LogP contribution >= 0.6 is 0 Å². The number of anilines is 3. The minimum atomic E-state index is 0.183. The second-order valence-corrected chi connectivity index (χ2v) is 8.19. The molecule has 30 heavy (non-hydrogen) atoms. The SMILES string of the molecule is CC1CCCN(c2cc(NCCC(=O)N3CCN(c4ccccn4)CC3)ncn2)C1. The lowest BCUT2D eigenvalue weighted by Crippen LogP contribution is -2.49. The molecule has 2 aliphatic rings. The first-order valence-corrected chi connectivity index (χ1v) is 10.9. The van der Waals surface area contributed by atoms with Crippen molar-refractivity contribution in [3.63, 3.8) is 0 Å². The number of amides is 1. The van der Waals surface area contributed by atoms with E-state index in [4.69, 9.17) is 0 Å². The number of aromatic nitrogens is 3. The Morgan fingerprint density at radius 2 is 1.93 bits per heavy atom. The van der Waals surface area contributed by atoms with Crippen molar-refractivity contribution < 1.29 is 4.79 Å². The van der Waals surface area contributed by atoms with Crippen LogP contribution in [-0.2, 0) is 4.79 Å². The maximum atomic E-state index is 12.6. The highest BCUT2D eigenvalue weighted by atomic mass is 16.2. The summed E-state index contributed by atoms with van der Waals surface area (Å²) in [5.74, 6) is 3.61. The molecule has 0 aliphatic carbocycles. The van der Waals surface area contributed by atoms with Gasteiger partial charge in [-0.15, -0.1) is 0 Å². The largest absolute Gasteiger partial charge is 0.369 e. The number of hydrogen-bond acceptors (Lipinski definition) is 7. The molecule has 8 heteroatoms. The highest BCUT2D eigenvalue weighted by Gasteiger charge is 2.21. The van der Waals surface area contributed by atoms with E-state index in [0.29, 0.717) is 18.9 Å². The molecule has 2 saturated heterocycles. The van der Waals surface area contributed by atoms with E-state index >= 15 is 0 Å². The lowest BCUT2D eigenvalue weighted by Gasteiger charge is -2.35. The van der Waals surface area contributed by atoms with E-state index in [2.05, 4.69) is 37.0 Å². The molecule has 1 amide bonds. The first-order valence-electron chi connectivity index (χ1n) is 10.9. The van der Waals surface area contributed by atoms with Crippen LogP contribution in [0, 0.1) is 5.92 Å². The first-order chi connectivity index (χ1) is 14.7. The zero-order chi connectivity index (χ0) is 20.8. The average Bonchev–Trinajstić information content (AvgIpc) is 2.80. The fraction of sp³-hybridized carbons (Fsp3) is 0.545. The second-order valence-electron chi connectivity index (χ2n) is 8.19. The molecule has 160 valence electrons. The van der Waals surface area contributed by atoms with E-state index in [1.807, 2.05) is 35.4 Å². The van der Waals surface area contributed by atoms with Crippen LogP contribution in [0.4, 0.5) is 17.5 Å². The van der Waals surface area contributed by atoms with Crippen LogP contribution in [0.3, 0.4) is 0 Å². The van der Waals surface area contributed by atoms with Crippen LogP contribution < -0.4 is 15.1 Å². The van der Waals surface area contributed by atoms with Gasteiger partial charge in [0.15, 0.2) is 0 Å². The van der Waals surface area contributed by atoms with Gasteiger partial charge < -0.3 is 20.0 Å². The van der Waals surface area contributed by atoms with Crippen LogP contribution in [0.15, 0.2) is 36.8 Å². The molecule has 2 aromatic rings. The number of hydrogen-bond donors (Lipinski definition) is 1. The molecule has 1 N–H and O–H groups in total. The van der Waals surface area contributed by atoms with Crippen molar-refractivity contribution in [3.8, 4) is 0 Å². The molecule has 8 nitrogen and oxygen atoms in total. The predicted octanol–water partition coefficient (Wildman–Crippen LogP) is 2.26. The van der Waals surface area contributed by atoms with Crippen LogP contribution in [-0.4, -0.2) is 71.6 Å². The van der Waals surface area contributed by atoms with E-state index in [1.54, 1.807) is 6.33 Å². The smallest absolute Gasteiger partial charge is 0.224 e. The normalized spacial score (nSPS) is 19.6. The average molecular weight is 410 g/mol. The van der Waals surface area contributed by atoms with Crippen molar-refractivity contribution in [1.29, 1.82) is 0 Å². The summed E-state index contributed by atoms with van der Waals surface area (Å²) in [6, 6.07) is 7.93. The molecule has 0 radical (unpaired) electrons.